The third-order valence-corrected chi connectivity index (χ3v) is 3.80. The summed E-state index contributed by atoms with van der Waals surface area (Å²) in [6.07, 6.45) is -0.00721. The summed E-state index contributed by atoms with van der Waals surface area (Å²) in [5.74, 6) is 5.62. The molecule has 1 aromatic rings. The van der Waals surface area contributed by atoms with Crippen LogP contribution in [0.25, 0.3) is 0 Å². The number of hydrogen-bond donors (Lipinski definition) is 2. The Morgan fingerprint density at radius 3 is 2.38 bits per heavy atom. The Kier molecular flexibility index (Phi) is 4.76. The van der Waals surface area contributed by atoms with Crippen LogP contribution in [-0.4, -0.2) is 13.2 Å². The maximum absolute atomic E-state index is 5.93. The highest BCUT2D eigenvalue weighted by atomic mass is 35.5. The summed E-state index contributed by atoms with van der Waals surface area (Å²) < 4.78 is 6.32. The highest BCUT2D eigenvalue weighted by Crippen LogP contribution is 2.36. The zero-order chi connectivity index (χ0) is 12.3. The van der Waals surface area contributed by atoms with Gasteiger partial charge in [-0.25, -0.2) is 5.43 Å². The van der Waals surface area contributed by atoms with Crippen molar-refractivity contribution in [1.29, 1.82) is 0 Å². The minimum absolute atomic E-state index is 0.00223. The third kappa shape index (κ3) is 3.18. The second-order valence-electron chi connectivity index (χ2n) is 4.81. The molecule has 1 heterocycles. The molecule has 0 spiro atoms. The lowest BCUT2D eigenvalue weighted by Gasteiger charge is -2.35. The molecule has 0 aliphatic heterocycles. The number of methoxy groups -OCH3 is 1. The number of nitrogens with two attached hydrogens (primary N) is 1. The maximum Gasteiger partial charge on any atom is 0.0931 e. The van der Waals surface area contributed by atoms with E-state index in [1.165, 1.54) is 11.3 Å². The Bertz CT molecular complexity index is 335. The van der Waals surface area contributed by atoms with Gasteiger partial charge in [0.1, 0.15) is 0 Å². The average Bonchev–Trinajstić information content (AvgIpc) is 2.58. The lowest BCUT2D eigenvalue weighted by Crippen LogP contribution is -2.43. The molecule has 0 saturated heterocycles. The van der Waals surface area contributed by atoms with Crippen LogP contribution in [0, 0.1) is 5.41 Å². The van der Waals surface area contributed by atoms with E-state index in [1.807, 2.05) is 12.1 Å². The molecule has 2 unspecified atom stereocenters. The molecular weight excluding hydrogens is 244 g/mol. The van der Waals surface area contributed by atoms with E-state index in [1.54, 1.807) is 7.11 Å². The Morgan fingerprint density at radius 1 is 1.44 bits per heavy atom. The van der Waals surface area contributed by atoms with Gasteiger partial charge in [-0.2, -0.15) is 0 Å². The van der Waals surface area contributed by atoms with Crippen molar-refractivity contribution in [3.8, 4) is 0 Å². The van der Waals surface area contributed by atoms with Gasteiger partial charge < -0.3 is 4.74 Å². The van der Waals surface area contributed by atoms with Crippen LogP contribution >= 0.6 is 22.9 Å². The smallest absolute Gasteiger partial charge is 0.0931 e. The van der Waals surface area contributed by atoms with E-state index in [4.69, 9.17) is 22.2 Å². The van der Waals surface area contributed by atoms with Crippen molar-refractivity contribution in [2.75, 3.05) is 7.11 Å². The van der Waals surface area contributed by atoms with Crippen LogP contribution in [0.5, 0.6) is 0 Å². The summed E-state index contributed by atoms with van der Waals surface area (Å²) in [6, 6.07) is 3.82. The Balaban J connectivity index is 2.96. The van der Waals surface area contributed by atoms with Gasteiger partial charge in [0.05, 0.1) is 16.5 Å². The number of rotatable bonds is 4. The number of hydrazine groups is 1. The second kappa shape index (κ2) is 5.47. The zero-order valence-corrected chi connectivity index (χ0v) is 11.7. The predicted octanol–water partition coefficient (Wildman–Crippen LogP) is 2.97. The van der Waals surface area contributed by atoms with Gasteiger partial charge in [0, 0.05) is 12.0 Å². The summed E-state index contributed by atoms with van der Waals surface area (Å²) in [5.41, 5.74) is 2.82. The van der Waals surface area contributed by atoms with Crippen LogP contribution in [0.4, 0.5) is 0 Å². The van der Waals surface area contributed by atoms with Crippen molar-refractivity contribution in [2.45, 2.75) is 32.9 Å². The number of ether oxygens (including phenoxy) is 1. The minimum atomic E-state index is -0.0394. The second-order valence-corrected chi connectivity index (χ2v) is 6.56. The van der Waals surface area contributed by atoms with E-state index in [2.05, 4.69) is 26.2 Å². The number of nitrogens with one attached hydrogen (secondary N) is 1. The van der Waals surface area contributed by atoms with E-state index < -0.39 is 0 Å². The molecule has 5 heteroatoms. The first kappa shape index (κ1) is 13.9. The SMILES string of the molecule is COC(C(NN)c1ccc(Cl)s1)C(C)(C)C. The highest BCUT2D eigenvalue weighted by molar-refractivity contribution is 7.16. The van der Waals surface area contributed by atoms with Crippen molar-refractivity contribution < 1.29 is 4.74 Å². The molecular formula is C11H19ClN2OS. The van der Waals surface area contributed by atoms with E-state index >= 15 is 0 Å². The molecule has 0 aromatic carbocycles. The molecule has 0 aliphatic carbocycles. The summed E-state index contributed by atoms with van der Waals surface area (Å²) in [6.45, 7) is 6.38. The Morgan fingerprint density at radius 2 is 2.06 bits per heavy atom. The van der Waals surface area contributed by atoms with Crippen LogP contribution < -0.4 is 11.3 Å². The fourth-order valence-electron chi connectivity index (χ4n) is 1.80. The molecule has 92 valence electrons. The molecule has 0 bridgehead atoms. The summed E-state index contributed by atoms with van der Waals surface area (Å²) in [7, 11) is 1.70. The molecule has 16 heavy (non-hydrogen) atoms. The van der Waals surface area contributed by atoms with Crippen molar-refractivity contribution in [3.05, 3.63) is 21.3 Å². The van der Waals surface area contributed by atoms with Crippen molar-refractivity contribution in [3.63, 3.8) is 0 Å². The van der Waals surface area contributed by atoms with Gasteiger partial charge in [-0.15, -0.1) is 11.3 Å². The van der Waals surface area contributed by atoms with E-state index in [-0.39, 0.29) is 17.6 Å². The van der Waals surface area contributed by atoms with Crippen LogP contribution in [0.2, 0.25) is 4.34 Å². The first-order chi connectivity index (χ1) is 7.40. The molecule has 3 nitrogen and oxygen atoms in total. The summed E-state index contributed by atoms with van der Waals surface area (Å²) >= 11 is 7.46. The number of hydrogen-bond acceptors (Lipinski definition) is 4. The van der Waals surface area contributed by atoms with Gasteiger partial charge in [0.15, 0.2) is 0 Å². The third-order valence-electron chi connectivity index (χ3n) is 2.49. The molecule has 1 aromatic heterocycles. The topological polar surface area (TPSA) is 47.3 Å². The minimum Gasteiger partial charge on any atom is -0.379 e. The standard InChI is InChI=1S/C11H19ClN2OS/c1-11(2,3)10(15-4)9(14-13)7-5-6-8(12)16-7/h5-6,9-10,14H,13H2,1-4H3. The van der Waals surface area contributed by atoms with E-state index in [0.29, 0.717) is 0 Å². The van der Waals surface area contributed by atoms with Crippen LogP contribution in [0.15, 0.2) is 12.1 Å². The molecule has 0 aliphatic rings. The lowest BCUT2D eigenvalue weighted by atomic mass is 9.84. The van der Waals surface area contributed by atoms with Gasteiger partial charge in [0.2, 0.25) is 0 Å². The average molecular weight is 263 g/mol. The van der Waals surface area contributed by atoms with Gasteiger partial charge >= 0.3 is 0 Å². The van der Waals surface area contributed by atoms with Crippen LogP contribution in [-0.2, 0) is 4.74 Å². The molecule has 0 amide bonds. The summed E-state index contributed by atoms with van der Waals surface area (Å²) in [4.78, 5) is 1.09. The van der Waals surface area contributed by atoms with Crippen LogP contribution in [0.1, 0.15) is 31.7 Å². The number of thiophene rings is 1. The van der Waals surface area contributed by atoms with Gasteiger partial charge in [-0.1, -0.05) is 32.4 Å². The number of halogens is 1. The molecule has 1 rings (SSSR count). The van der Waals surface area contributed by atoms with Gasteiger partial charge in [0.25, 0.3) is 0 Å². The van der Waals surface area contributed by atoms with Gasteiger partial charge in [-0.3, -0.25) is 5.84 Å². The highest BCUT2D eigenvalue weighted by Gasteiger charge is 2.33. The normalized spacial score (nSPS) is 16.1. The van der Waals surface area contributed by atoms with Gasteiger partial charge in [-0.05, 0) is 17.5 Å². The zero-order valence-electron chi connectivity index (χ0n) is 10.1. The fourth-order valence-corrected chi connectivity index (χ4v) is 2.95. The quantitative estimate of drug-likeness (QED) is 0.648. The first-order valence-corrected chi connectivity index (χ1v) is 6.33. The molecule has 3 N–H and O–H groups in total. The lowest BCUT2D eigenvalue weighted by molar-refractivity contribution is -0.0111. The Labute approximate surface area is 106 Å². The molecule has 0 fully saturated rings. The molecule has 0 radical (unpaired) electrons. The maximum atomic E-state index is 5.93. The van der Waals surface area contributed by atoms with Crippen molar-refractivity contribution >= 4 is 22.9 Å². The van der Waals surface area contributed by atoms with E-state index in [0.717, 1.165) is 9.21 Å². The van der Waals surface area contributed by atoms with E-state index in [9.17, 15) is 0 Å². The van der Waals surface area contributed by atoms with Crippen molar-refractivity contribution in [1.82, 2.24) is 5.43 Å². The first-order valence-electron chi connectivity index (χ1n) is 5.14. The Hall–Kier alpha value is -0.130. The fraction of sp³-hybridized carbons (Fsp3) is 0.636. The predicted molar refractivity (Wildman–Crippen MR) is 69.6 cm³/mol. The summed E-state index contributed by atoms with van der Waals surface area (Å²) in [5, 5.41) is 0. The van der Waals surface area contributed by atoms with Crippen LogP contribution in [0.3, 0.4) is 0 Å². The molecule has 0 saturated carbocycles. The molecule has 2 atom stereocenters. The monoisotopic (exact) mass is 262 g/mol. The van der Waals surface area contributed by atoms with Crippen molar-refractivity contribution in [2.24, 2.45) is 11.3 Å². The largest absolute Gasteiger partial charge is 0.379 e.